The molecule has 5 heteroatoms. The van der Waals surface area contributed by atoms with Crippen molar-refractivity contribution in [3.8, 4) is 5.75 Å². The molecule has 0 N–H and O–H groups in total. The highest BCUT2D eigenvalue weighted by atomic mass is 35.5. The molecule has 78 valence electrons. The molecule has 0 aliphatic carbocycles. The highest BCUT2D eigenvalue weighted by Gasteiger charge is 2.10. The first-order valence-electron chi connectivity index (χ1n) is 3.95. The molecule has 0 aliphatic heterocycles. The quantitative estimate of drug-likeness (QED) is 0.654. The molecule has 1 aromatic rings. The molecule has 0 unspecified atom stereocenters. The van der Waals surface area contributed by atoms with Gasteiger partial charge in [-0.2, -0.15) is 12.6 Å². The zero-order chi connectivity index (χ0) is 10.7. The number of methoxy groups -OCH3 is 1. The summed E-state index contributed by atoms with van der Waals surface area (Å²) in [6.45, 7) is 0. The van der Waals surface area contributed by atoms with Gasteiger partial charge in [0.15, 0.2) is 0 Å². The molecule has 0 bridgehead atoms. The van der Waals surface area contributed by atoms with E-state index >= 15 is 0 Å². The van der Waals surface area contributed by atoms with Gasteiger partial charge in [0, 0.05) is 13.1 Å². The summed E-state index contributed by atoms with van der Waals surface area (Å²) in [5.74, 6) is 1.15. The predicted octanol–water partition coefficient (Wildman–Crippen LogP) is 3.33. The van der Waals surface area contributed by atoms with Crippen LogP contribution in [0.3, 0.4) is 0 Å². The second-order valence-electron chi connectivity index (χ2n) is 2.78. The van der Waals surface area contributed by atoms with Gasteiger partial charge in [0.1, 0.15) is 5.75 Å². The van der Waals surface area contributed by atoms with Crippen molar-refractivity contribution in [2.45, 2.75) is 0 Å². The monoisotopic (exact) mass is 251 g/mol. The first-order chi connectivity index (χ1) is 6.60. The van der Waals surface area contributed by atoms with Crippen LogP contribution >= 0.6 is 35.8 Å². The molecule has 0 aromatic heterocycles. The van der Waals surface area contributed by atoms with Crippen LogP contribution in [0.25, 0.3) is 0 Å². The van der Waals surface area contributed by atoms with Crippen LogP contribution in [-0.4, -0.2) is 20.0 Å². The highest BCUT2D eigenvalue weighted by Crippen LogP contribution is 2.35. The van der Waals surface area contributed by atoms with Crippen LogP contribution in [0.2, 0.25) is 10.0 Å². The lowest BCUT2D eigenvalue weighted by Crippen LogP contribution is -2.14. The van der Waals surface area contributed by atoms with Crippen LogP contribution in [0.5, 0.6) is 5.75 Å². The molecule has 0 atom stereocenters. The summed E-state index contributed by atoms with van der Waals surface area (Å²) < 4.78 is 5.04. The van der Waals surface area contributed by atoms with Crippen molar-refractivity contribution in [2.75, 3.05) is 24.9 Å². The Morgan fingerprint density at radius 2 is 2.00 bits per heavy atom. The number of hydrogen-bond acceptors (Lipinski definition) is 3. The Labute approximate surface area is 99.2 Å². The summed E-state index contributed by atoms with van der Waals surface area (Å²) >= 11 is 16.2. The van der Waals surface area contributed by atoms with Gasteiger partial charge >= 0.3 is 0 Å². The minimum absolute atomic E-state index is 0.542. The number of thiol groups is 1. The molecule has 0 fully saturated rings. The summed E-state index contributed by atoms with van der Waals surface area (Å²) in [5.41, 5.74) is 0.840. The zero-order valence-electron chi connectivity index (χ0n) is 7.92. The van der Waals surface area contributed by atoms with Crippen molar-refractivity contribution < 1.29 is 4.74 Å². The largest absolute Gasteiger partial charge is 0.495 e. The third-order valence-electron chi connectivity index (χ3n) is 1.84. The van der Waals surface area contributed by atoms with E-state index in [1.165, 1.54) is 0 Å². The van der Waals surface area contributed by atoms with Crippen LogP contribution in [0.1, 0.15) is 0 Å². The maximum atomic E-state index is 6.04. The van der Waals surface area contributed by atoms with E-state index < -0.39 is 0 Å². The van der Waals surface area contributed by atoms with E-state index in [4.69, 9.17) is 27.9 Å². The number of halogens is 2. The first kappa shape index (κ1) is 11.8. The number of benzene rings is 1. The second kappa shape index (κ2) is 5.01. The molecule has 0 spiro atoms. The predicted molar refractivity (Wildman–Crippen MR) is 65.3 cm³/mol. The van der Waals surface area contributed by atoms with Crippen molar-refractivity contribution in [2.24, 2.45) is 0 Å². The van der Waals surface area contributed by atoms with Gasteiger partial charge in [-0.05, 0) is 6.07 Å². The lowest BCUT2D eigenvalue weighted by atomic mass is 10.3. The molecule has 2 nitrogen and oxygen atoms in total. The maximum Gasteiger partial charge on any atom is 0.139 e. The molecule has 0 radical (unpaired) electrons. The number of ether oxygens (including phenoxy) is 1. The summed E-state index contributed by atoms with van der Waals surface area (Å²) in [6, 6.07) is 3.46. The lowest BCUT2D eigenvalue weighted by molar-refractivity contribution is 0.415. The van der Waals surface area contributed by atoms with Crippen LogP contribution in [0, 0.1) is 0 Å². The van der Waals surface area contributed by atoms with Gasteiger partial charge in [-0.15, -0.1) is 0 Å². The lowest BCUT2D eigenvalue weighted by Gasteiger charge is -2.18. The molecular weight excluding hydrogens is 241 g/mol. The minimum atomic E-state index is 0.542. The van der Waals surface area contributed by atoms with Crippen molar-refractivity contribution in [1.29, 1.82) is 0 Å². The van der Waals surface area contributed by atoms with E-state index in [2.05, 4.69) is 12.6 Å². The Balaban J connectivity index is 3.14. The molecule has 1 aromatic carbocycles. The fourth-order valence-corrected chi connectivity index (χ4v) is 1.73. The van der Waals surface area contributed by atoms with Crippen LogP contribution in [0.4, 0.5) is 5.69 Å². The molecule has 0 aliphatic rings. The maximum absolute atomic E-state index is 6.04. The topological polar surface area (TPSA) is 12.5 Å². The van der Waals surface area contributed by atoms with Gasteiger partial charge in [0.25, 0.3) is 0 Å². The van der Waals surface area contributed by atoms with E-state index in [1.54, 1.807) is 19.2 Å². The Morgan fingerprint density at radius 1 is 1.36 bits per heavy atom. The van der Waals surface area contributed by atoms with Crippen molar-refractivity contribution in [3.05, 3.63) is 22.2 Å². The standard InChI is InChI=1S/C9H11Cl2NOS/c1-12(5-14)8-3-7(11)9(13-2)4-6(8)10/h3-4,14H,5H2,1-2H3. The number of rotatable bonds is 3. The minimum Gasteiger partial charge on any atom is -0.495 e. The molecule has 1 rings (SSSR count). The van der Waals surface area contributed by atoms with E-state index in [9.17, 15) is 0 Å². The molecule has 0 saturated carbocycles. The average Bonchev–Trinajstić information content (AvgIpc) is 2.19. The van der Waals surface area contributed by atoms with Crippen LogP contribution in [-0.2, 0) is 0 Å². The van der Waals surface area contributed by atoms with Gasteiger partial charge in [0.05, 0.1) is 28.7 Å². The molecular formula is C9H11Cl2NOS. The number of nitrogens with zero attached hydrogens (tertiary/aromatic N) is 1. The Hall–Kier alpha value is -0.250. The van der Waals surface area contributed by atoms with Gasteiger partial charge < -0.3 is 9.64 Å². The Morgan fingerprint density at radius 3 is 2.50 bits per heavy atom. The summed E-state index contributed by atoms with van der Waals surface area (Å²) in [4.78, 5) is 1.89. The molecule has 14 heavy (non-hydrogen) atoms. The van der Waals surface area contributed by atoms with E-state index in [1.807, 2.05) is 11.9 Å². The van der Waals surface area contributed by atoms with Gasteiger partial charge in [-0.1, -0.05) is 23.2 Å². The van der Waals surface area contributed by atoms with Crippen LogP contribution < -0.4 is 9.64 Å². The highest BCUT2D eigenvalue weighted by molar-refractivity contribution is 7.80. The fraction of sp³-hybridized carbons (Fsp3) is 0.333. The van der Waals surface area contributed by atoms with E-state index in [0.717, 1.165) is 5.69 Å². The number of anilines is 1. The summed E-state index contributed by atoms with van der Waals surface area (Å²) in [7, 11) is 3.44. The van der Waals surface area contributed by atoms with E-state index in [0.29, 0.717) is 21.7 Å². The van der Waals surface area contributed by atoms with E-state index in [-0.39, 0.29) is 0 Å². The second-order valence-corrected chi connectivity index (χ2v) is 3.87. The summed E-state index contributed by atoms with van der Waals surface area (Å²) in [6.07, 6.45) is 0. The Kier molecular flexibility index (Phi) is 4.23. The SMILES string of the molecule is COc1cc(Cl)c(N(C)CS)cc1Cl. The fourth-order valence-electron chi connectivity index (χ4n) is 1.04. The zero-order valence-corrected chi connectivity index (χ0v) is 10.3. The molecule has 0 amide bonds. The first-order valence-corrected chi connectivity index (χ1v) is 5.34. The smallest absolute Gasteiger partial charge is 0.139 e. The molecule has 0 heterocycles. The van der Waals surface area contributed by atoms with Crippen molar-refractivity contribution >= 4 is 41.5 Å². The van der Waals surface area contributed by atoms with Crippen molar-refractivity contribution in [1.82, 2.24) is 0 Å². The molecule has 0 saturated heterocycles. The third kappa shape index (κ3) is 2.41. The van der Waals surface area contributed by atoms with Crippen molar-refractivity contribution in [3.63, 3.8) is 0 Å². The normalized spacial score (nSPS) is 10.1. The van der Waals surface area contributed by atoms with Gasteiger partial charge in [-0.25, -0.2) is 0 Å². The number of hydrogen-bond donors (Lipinski definition) is 1. The average molecular weight is 252 g/mol. The van der Waals surface area contributed by atoms with Gasteiger partial charge in [0.2, 0.25) is 0 Å². The van der Waals surface area contributed by atoms with Crippen LogP contribution in [0.15, 0.2) is 12.1 Å². The van der Waals surface area contributed by atoms with Gasteiger partial charge in [-0.3, -0.25) is 0 Å². The summed E-state index contributed by atoms with van der Waals surface area (Å²) in [5, 5.41) is 1.14. The third-order valence-corrected chi connectivity index (χ3v) is 2.87. The Bertz CT molecular complexity index is 333.